The number of carbonyl (C=O) groups excluding carboxylic acids is 3. The van der Waals surface area contributed by atoms with Gasteiger partial charge in [0.25, 0.3) is 0 Å². The van der Waals surface area contributed by atoms with Crippen molar-refractivity contribution in [2.75, 3.05) is 13.2 Å². The first-order chi connectivity index (χ1) is 16.5. The summed E-state index contributed by atoms with van der Waals surface area (Å²) in [4.78, 5) is 37.7. The number of rotatable bonds is 8. The molecular formula is C25H24N4O5. The Morgan fingerprint density at radius 1 is 1.00 bits per heavy atom. The topological polar surface area (TPSA) is 112 Å². The monoisotopic (exact) mass is 460 g/mol. The van der Waals surface area contributed by atoms with Crippen LogP contribution in [0.2, 0.25) is 0 Å². The average molecular weight is 460 g/mol. The van der Waals surface area contributed by atoms with Gasteiger partial charge >= 0.3 is 18.0 Å². The van der Waals surface area contributed by atoms with Crippen molar-refractivity contribution in [3.63, 3.8) is 0 Å². The minimum Gasteiger partial charge on any atom is -0.463 e. The standard InChI is InChI=1S/C25H24N4O5/c1-2-33-24(31)21-20(27-25(32)28-22(21)18-7-4-3-5-8-18)16-34-23(30)19-11-9-17(10-12-19)15-29-14-6-13-26-29/h3-14,22H,2,15-16H2,1H3,(H2,27,28,32). The van der Waals surface area contributed by atoms with E-state index in [1.165, 1.54) is 0 Å². The molecule has 2 heterocycles. The van der Waals surface area contributed by atoms with Gasteiger partial charge in [-0.2, -0.15) is 5.10 Å². The molecule has 1 aliphatic heterocycles. The molecule has 1 aliphatic rings. The minimum absolute atomic E-state index is 0.162. The van der Waals surface area contributed by atoms with Crippen molar-refractivity contribution in [3.05, 3.63) is 101 Å². The lowest BCUT2D eigenvalue weighted by Crippen LogP contribution is -2.47. The van der Waals surface area contributed by atoms with Crippen LogP contribution in [0.15, 0.2) is 84.3 Å². The molecule has 1 aromatic heterocycles. The molecule has 9 nitrogen and oxygen atoms in total. The number of nitrogens with one attached hydrogen (secondary N) is 2. The molecule has 4 rings (SSSR count). The maximum Gasteiger partial charge on any atom is 0.338 e. The van der Waals surface area contributed by atoms with E-state index in [4.69, 9.17) is 9.47 Å². The summed E-state index contributed by atoms with van der Waals surface area (Å²) in [6.07, 6.45) is 3.56. The highest BCUT2D eigenvalue weighted by atomic mass is 16.5. The predicted molar refractivity (Wildman–Crippen MR) is 123 cm³/mol. The zero-order valence-electron chi connectivity index (χ0n) is 18.6. The summed E-state index contributed by atoms with van der Waals surface area (Å²) in [7, 11) is 0. The third kappa shape index (κ3) is 5.32. The van der Waals surface area contributed by atoms with Crippen LogP contribution in [0.5, 0.6) is 0 Å². The van der Waals surface area contributed by atoms with Gasteiger partial charge in [0.15, 0.2) is 0 Å². The van der Waals surface area contributed by atoms with E-state index in [0.717, 1.165) is 5.56 Å². The van der Waals surface area contributed by atoms with Crippen LogP contribution in [0.1, 0.15) is 34.5 Å². The van der Waals surface area contributed by atoms with Gasteiger partial charge in [-0.3, -0.25) is 4.68 Å². The summed E-state index contributed by atoms with van der Waals surface area (Å²) >= 11 is 0. The molecular weight excluding hydrogens is 436 g/mol. The number of ether oxygens (including phenoxy) is 2. The van der Waals surface area contributed by atoms with Gasteiger partial charge in [0.2, 0.25) is 0 Å². The summed E-state index contributed by atoms with van der Waals surface area (Å²) in [6, 6.07) is 16.6. The molecule has 3 aromatic rings. The number of carbonyl (C=O) groups is 3. The number of hydrogen-bond donors (Lipinski definition) is 2. The molecule has 2 aromatic carbocycles. The lowest BCUT2D eigenvalue weighted by molar-refractivity contribution is -0.139. The van der Waals surface area contributed by atoms with Gasteiger partial charge < -0.3 is 20.1 Å². The molecule has 9 heteroatoms. The molecule has 0 radical (unpaired) electrons. The quantitative estimate of drug-likeness (QED) is 0.500. The third-order valence-electron chi connectivity index (χ3n) is 5.22. The number of esters is 2. The highest BCUT2D eigenvalue weighted by molar-refractivity contribution is 5.95. The van der Waals surface area contributed by atoms with Crippen molar-refractivity contribution >= 4 is 18.0 Å². The molecule has 2 amide bonds. The van der Waals surface area contributed by atoms with Crippen LogP contribution in [-0.2, 0) is 20.8 Å². The first-order valence-corrected chi connectivity index (χ1v) is 10.8. The molecule has 174 valence electrons. The zero-order valence-corrected chi connectivity index (χ0v) is 18.6. The molecule has 1 atom stereocenters. The minimum atomic E-state index is -0.732. The SMILES string of the molecule is CCOC(=O)C1=C(COC(=O)c2ccc(Cn3cccn3)cc2)NC(=O)NC1c1ccccc1. The van der Waals surface area contributed by atoms with Crippen LogP contribution in [0.4, 0.5) is 4.79 Å². The molecule has 34 heavy (non-hydrogen) atoms. The Bertz CT molecular complexity index is 1190. The van der Waals surface area contributed by atoms with Gasteiger partial charge in [-0.05, 0) is 36.2 Å². The van der Waals surface area contributed by atoms with Crippen molar-refractivity contribution in [1.29, 1.82) is 0 Å². The summed E-state index contributed by atoms with van der Waals surface area (Å²) < 4.78 is 12.4. The number of aromatic nitrogens is 2. The number of urea groups is 1. The fourth-order valence-corrected chi connectivity index (χ4v) is 3.63. The van der Waals surface area contributed by atoms with E-state index in [1.807, 2.05) is 42.6 Å². The number of hydrogen-bond acceptors (Lipinski definition) is 6. The summed E-state index contributed by atoms with van der Waals surface area (Å²) in [5, 5.41) is 9.49. The number of amides is 2. The smallest absolute Gasteiger partial charge is 0.338 e. The van der Waals surface area contributed by atoms with Crippen LogP contribution < -0.4 is 10.6 Å². The largest absolute Gasteiger partial charge is 0.463 e. The Hall–Kier alpha value is -4.40. The van der Waals surface area contributed by atoms with Crippen molar-refractivity contribution in [2.24, 2.45) is 0 Å². The fourth-order valence-electron chi connectivity index (χ4n) is 3.63. The van der Waals surface area contributed by atoms with Crippen LogP contribution in [-0.4, -0.2) is 41.0 Å². The van der Waals surface area contributed by atoms with E-state index >= 15 is 0 Å². The molecule has 0 aliphatic carbocycles. The summed E-state index contributed by atoms with van der Waals surface area (Å²) in [5.41, 5.74) is 2.40. The molecule has 0 spiro atoms. The van der Waals surface area contributed by atoms with Crippen LogP contribution in [0, 0.1) is 0 Å². The van der Waals surface area contributed by atoms with Gasteiger partial charge in [-0.1, -0.05) is 42.5 Å². The number of nitrogens with zero attached hydrogens (tertiary/aromatic N) is 2. The normalized spacial score (nSPS) is 15.3. The fraction of sp³-hybridized carbons (Fsp3) is 0.200. The Kier molecular flexibility index (Phi) is 7.02. The van der Waals surface area contributed by atoms with Crippen molar-refractivity contribution < 1.29 is 23.9 Å². The van der Waals surface area contributed by atoms with Crippen molar-refractivity contribution in [2.45, 2.75) is 19.5 Å². The van der Waals surface area contributed by atoms with Gasteiger partial charge in [0, 0.05) is 12.4 Å². The Morgan fingerprint density at radius 3 is 2.44 bits per heavy atom. The van der Waals surface area contributed by atoms with Gasteiger partial charge in [-0.25, -0.2) is 14.4 Å². The molecule has 0 saturated heterocycles. The molecule has 1 unspecified atom stereocenters. The number of benzene rings is 2. The van der Waals surface area contributed by atoms with Gasteiger partial charge in [-0.15, -0.1) is 0 Å². The second-order valence-corrected chi connectivity index (χ2v) is 7.53. The first kappa shape index (κ1) is 22.8. The molecule has 2 N–H and O–H groups in total. The third-order valence-corrected chi connectivity index (χ3v) is 5.22. The Labute approximate surface area is 196 Å². The molecule has 0 saturated carbocycles. The molecule has 0 bridgehead atoms. The average Bonchev–Trinajstić information content (AvgIpc) is 3.36. The van der Waals surface area contributed by atoms with Crippen molar-refractivity contribution in [3.8, 4) is 0 Å². The summed E-state index contributed by atoms with van der Waals surface area (Å²) in [6.45, 7) is 2.15. The van der Waals surface area contributed by atoms with Crippen molar-refractivity contribution in [1.82, 2.24) is 20.4 Å². The van der Waals surface area contributed by atoms with Crippen LogP contribution in [0.25, 0.3) is 0 Å². The van der Waals surface area contributed by atoms with Gasteiger partial charge in [0.05, 0.1) is 36.0 Å². The maximum atomic E-state index is 12.8. The maximum absolute atomic E-state index is 12.8. The van der Waals surface area contributed by atoms with E-state index in [2.05, 4.69) is 15.7 Å². The molecule has 0 fully saturated rings. The van der Waals surface area contributed by atoms with E-state index in [9.17, 15) is 14.4 Å². The second-order valence-electron chi connectivity index (χ2n) is 7.53. The highest BCUT2D eigenvalue weighted by Crippen LogP contribution is 2.28. The lowest BCUT2D eigenvalue weighted by atomic mass is 9.95. The van der Waals surface area contributed by atoms with E-state index < -0.39 is 24.0 Å². The predicted octanol–water partition coefficient (Wildman–Crippen LogP) is 2.96. The van der Waals surface area contributed by atoms with Gasteiger partial charge in [0.1, 0.15) is 6.61 Å². The lowest BCUT2D eigenvalue weighted by Gasteiger charge is -2.29. The Morgan fingerprint density at radius 2 is 1.76 bits per heavy atom. The van der Waals surface area contributed by atoms with E-state index in [1.54, 1.807) is 42.1 Å². The summed E-state index contributed by atoms with van der Waals surface area (Å²) in [5.74, 6) is -1.18. The van der Waals surface area contributed by atoms with E-state index in [0.29, 0.717) is 17.7 Å². The first-order valence-electron chi connectivity index (χ1n) is 10.8. The highest BCUT2D eigenvalue weighted by Gasteiger charge is 2.34. The Balaban J connectivity index is 1.52. The van der Waals surface area contributed by atoms with Crippen LogP contribution in [0.3, 0.4) is 0 Å². The second kappa shape index (κ2) is 10.5. The van der Waals surface area contributed by atoms with Crippen LogP contribution >= 0.6 is 0 Å². The van der Waals surface area contributed by atoms with E-state index in [-0.39, 0.29) is 24.5 Å². The zero-order chi connectivity index (χ0) is 23.9.